The van der Waals surface area contributed by atoms with Gasteiger partial charge < -0.3 is 10.5 Å². The summed E-state index contributed by atoms with van der Waals surface area (Å²) in [6.45, 7) is 7.26. The lowest BCUT2D eigenvalue weighted by molar-refractivity contribution is 0.0341. The van der Waals surface area contributed by atoms with Crippen molar-refractivity contribution < 1.29 is 4.74 Å². The van der Waals surface area contributed by atoms with E-state index < -0.39 is 0 Å². The number of rotatable bonds is 6. The van der Waals surface area contributed by atoms with Crippen LogP contribution in [-0.4, -0.2) is 37.7 Å². The fourth-order valence-electron chi connectivity index (χ4n) is 3.06. The maximum absolute atomic E-state index is 6.40. The molecule has 0 aromatic carbocycles. The molecule has 1 aliphatic heterocycles. The van der Waals surface area contributed by atoms with Crippen LogP contribution in [-0.2, 0) is 4.74 Å². The SMILES string of the molecule is CCC(N)C(c1ccc(C)s1)N(C)CC1CCCOC1. The molecule has 1 aliphatic rings. The molecule has 0 amide bonds. The van der Waals surface area contributed by atoms with E-state index in [-0.39, 0.29) is 6.04 Å². The minimum Gasteiger partial charge on any atom is -0.381 e. The molecular formula is C16H28N2OS. The number of aryl methyl sites for hydroxylation is 1. The molecule has 2 rings (SSSR count). The zero-order valence-electron chi connectivity index (χ0n) is 13.0. The van der Waals surface area contributed by atoms with Gasteiger partial charge in [0.15, 0.2) is 0 Å². The van der Waals surface area contributed by atoms with Crippen LogP contribution in [0.4, 0.5) is 0 Å². The summed E-state index contributed by atoms with van der Waals surface area (Å²) in [7, 11) is 2.21. The van der Waals surface area contributed by atoms with Crippen LogP contribution in [0.3, 0.4) is 0 Å². The Labute approximate surface area is 127 Å². The van der Waals surface area contributed by atoms with Crippen LogP contribution in [0.1, 0.15) is 42.0 Å². The average Bonchev–Trinajstić information content (AvgIpc) is 2.86. The van der Waals surface area contributed by atoms with Gasteiger partial charge in [0.05, 0.1) is 12.6 Å². The summed E-state index contributed by atoms with van der Waals surface area (Å²) in [6.07, 6.45) is 3.48. The minimum atomic E-state index is 0.197. The van der Waals surface area contributed by atoms with Crippen molar-refractivity contribution in [3.05, 3.63) is 21.9 Å². The lowest BCUT2D eigenvalue weighted by Crippen LogP contribution is -2.41. The van der Waals surface area contributed by atoms with Gasteiger partial charge in [0.1, 0.15) is 0 Å². The van der Waals surface area contributed by atoms with Gasteiger partial charge in [-0.15, -0.1) is 11.3 Å². The van der Waals surface area contributed by atoms with Gasteiger partial charge in [0, 0.05) is 28.9 Å². The highest BCUT2D eigenvalue weighted by Gasteiger charge is 2.27. The Hall–Kier alpha value is -0.420. The van der Waals surface area contributed by atoms with Crippen LogP contribution in [0.5, 0.6) is 0 Å². The molecule has 1 aromatic heterocycles. The molecule has 3 unspecified atom stereocenters. The first-order valence-corrected chi connectivity index (χ1v) is 8.53. The van der Waals surface area contributed by atoms with Crippen LogP contribution in [0.15, 0.2) is 12.1 Å². The van der Waals surface area contributed by atoms with Crippen LogP contribution in [0.25, 0.3) is 0 Å². The molecule has 2 N–H and O–H groups in total. The molecule has 0 spiro atoms. The molecule has 0 aliphatic carbocycles. The quantitative estimate of drug-likeness (QED) is 0.876. The Morgan fingerprint density at radius 2 is 2.30 bits per heavy atom. The normalized spacial score (nSPS) is 22.9. The molecule has 0 radical (unpaired) electrons. The summed E-state index contributed by atoms with van der Waals surface area (Å²) in [6, 6.07) is 4.98. The molecule has 0 bridgehead atoms. The summed E-state index contributed by atoms with van der Waals surface area (Å²) >= 11 is 1.88. The second-order valence-electron chi connectivity index (χ2n) is 5.99. The second-order valence-corrected chi connectivity index (χ2v) is 7.31. The van der Waals surface area contributed by atoms with Gasteiger partial charge in [-0.2, -0.15) is 0 Å². The predicted octanol–water partition coefficient (Wildman–Crippen LogP) is 3.19. The first-order valence-electron chi connectivity index (χ1n) is 7.71. The number of hydrogen-bond donors (Lipinski definition) is 1. The zero-order chi connectivity index (χ0) is 14.5. The molecule has 3 nitrogen and oxygen atoms in total. The third kappa shape index (κ3) is 4.04. The maximum Gasteiger partial charge on any atom is 0.0591 e. The number of hydrogen-bond acceptors (Lipinski definition) is 4. The van der Waals surface area contributed by atoms with Crippen molar-refractivity contribution in [3.63, 3.8) is 0 Å². The van der Waals surface area contributed by atoms with Crippen molar-refractivity contribution in [3.8, 4) is 0 Å². The first kappa shape index (κ1) is 16.0. The fraction of sp³-hybridized carbons (Fsp3) is 0.750. The largest absolute Gasteiger partial charge is 0.381 e. The molecule has 3 atom stereocenters. The Morgan fingerprint density at radius 1 is 1.50 bits per heavy atom. The van der Waals surface area contributed by atoms with E-state index in [2.05, 4.69) is 37.9 Å². The highest BCUT2D eigenvalue weighted by atomic mass is 32.1. The fourth-order valence-corrected chi connectivity index (χ4v) is 4.18. The lowest BCUT2D eigenvalue weighted by atomic mass is 9.98. The van der Waals surface area contributed by atoms with E-state index in [1.165, 1.54) is 22.6 Å². The average molecular weight is 296 g/mol. The molecule has 2 heterocycles. The Bertz CT molecular complexity index is 401. The van der Waals surface area contributed by atoms with Gasteiger partial charge >= 0.3 is 0 Å². The van der Waals surface area contributed by atoms with Crippen LogP contribution in [0, 0.1) is 12.8 Å². The number of nitrogens with two attached hydrogens (primary N) is 1. The van der Waals surface area contributed by atoms with Crippen molar-refractivity contribution in [1.82, 2.24) is 4.90 Å². The molecule has 114 valence electrons. The zero-order valence-corrected chi connectivity index (χ0v) is 13.8. The first-order chi connectivity index (χ1) is 9.61. The van der Waals surface area contributed by atoms with Crippen molar-refractivity contribution in [1.29, 1.82) is 0 Å². The second kappa shape index (κ2) is 7.55. The molecule has 1 saturated heterocycles. The summed E-state index contributed by atoms with van der Waals surface area (Å²) in [5.41, 5.74) is 6.40. The Balaban J connectivity index is 2.05. The van der Waals surface area contributed by atoms with Crippen molar-refractivity contribution in [2.45, 2.75) is 45.2 Å². The van der Waals surface area contributed by atoms with E-state index in [0.717, 1.165) is 26.2 Å². The number of nitrogens with zero attached hydrogens (tertiary/aromatic N) is 1. The summed E-state index contributed by atoms with van der Waals surface area (Å²) in [5, 5.41) is 0. The summed E-state index contributed by atoms with van der Waals surface area (Å²) in [4.78, 5) is 5.21. The van der Waals surface area contributed by atoms with E-state index in [0.29, 0.717) is 12.0 Å². The van der Waals surface area contributed by atoms with Crippen molar-refractivity contribution >= 4 is 11.3 Å². The minimum absolute atomic E-state index is 0.197. The van der Waals surface area contributed by atoms with Gasteiger partial charge in [-0.1, -0.05) is 6.92 Å². The van der Waals surface area contributed by atoms with Gasteiger partial charge in [-0.3, -0.25) is 4.90 Å². The summed E-state index contributed by atoms with van der Waals surface area (Å²) in [5.74, 6) is 0.654. The molecule has 1 fully saturated rings. The Kier molecular flexibility index (Phi) is 6.02. The van der Waals surface area contributed by atoms with Crippen molar-refractivity contribution in [2.24, 2.45) is 11.7 Å². The third-order valence-corrected chi connectivity index (χ3v) is 5.28. The van der Waals surface area contributed by atoms with E-state index >= 15 is 0 Å². The number of likely N-dealkylation sites (N-methyl/N-ethyl adjacent to an activating group) is 1. The number of thiophene rings is 1. The van der Waals surface area contributed by atoms with Gasteiger partial charge in [-0.05, 0) is 51.3 Å². The van der Waals surface area contributed by atoms with E-state index in [4.69, 9.17) is 10.5 Å². The van der Waals surface area contributed by atoms with Gasteiger partial charge in [-0.25, -0.2) is 0 Å². The topological polar surface area (TPSA) is 38.5 Å². The van der Waals surface area contributed by atoms with E-state index in [9.17, 15) is 0 Å². The van der Waals surface area contributed by atoms with E-state index in [1.807, 2.05) is 11.3 Å². The third-order valence-electron chi connectivity index (χ3n) is 4.21. The molecular weight excluding hydrogens is 268 g/mol. The molecule has 4 heteroatoms. The predicted molar refractivity (Wildman–Crippen MR) is 86.2 cm³/mol. The highest BCUT2D eigenvalue weighted by Crippen LogP contribution is 2.31. The maximum atomic E-state index is 6.40. The van der Waals surface area contributed by atoms with Gasteiger partial charge in [0.2, 0.25) is 0 Å². The van der Waals surface area contributed by atoms with Gasteiger partial charge in [0.25, 0.3) is 0 Å². The lowest BCUT2D eigenvalue weighted by Gasteiger charge is -2.35. The Morgan fingerprint density at radius 3 is 2.85 bits per heavy atom. The molecule has 0 saturated carbocycles. The smallest absolute Gasteiger partial charge is 0.0591 e. The highest BCUT2D eigenvalue weighted by molar-refractivity contribution is 7.12. The number of ether oxygens (including phenoxy) is 1. The molecule has 1 aromatic rings. The standard InChI is InChI=1S/C16H28N2OS/c1-4-14(17)16(15-8-7-12(2)20-15)18(3)10-13-6-5-9-19-11-13/h7-8,13-14,16H,4-6,9-11,17H2,1-3H3. The summed E-state index contributed by atoms with van der Waals surface area (Å²) < 4.78 is 5.60. The van der Waals surface area contributed by atoms with Crippen LogP contribution < -0.4 is 5.73 Å². The monoisotopic (exact) mass is 296 g/mol. The van der Waals surface area contributed by atoms with Crippen LogP contribution >= 0.6 is 11.3 Å². The molecule has 20 heavy (non-hydrogen) atoms. The van der Waals surface area contributed by atoms with E-state index in [1.54, 1.807) is 0 Å². The van der Waals surface area contributed by atoms with Crippen LogP contribution in [0.2, 0.25) is 0 Å². The van der Waals surface area contributed by atoms with Crippen molar-refractivity contribution in [2.75, 3.05) is 26.8 Å².